The van der Waals surface area contributed by atoms with E-state index in [1.54, 1.807) is 6.92 Å². The van der Waals surface area contributed by atoms with Crippen molar-refractivity contribution in [2.45, 2.75) is 26.3 Å². The summed E-state index contributed by atoms with van der Waals surface area (Å²) < 4.78 is 13.1. The molecule has 1 N–H and O–H groups in total. The van der Waals surface area contributed by atoms with E-state index in [9.17, 15) is 14.0 Å². The fourth-order valence-electron chi connectivity index (χ4n) is 1.40. The molecule has 0 aromatic heterocycles. The van der Waals surface area contributed by atoms with Gasteiger partial charge in [-0.25, -0.2) is 9.18 Å². The number of rotatable bonds is 3. The molecular weight excluding hydrogens is 237 g/mol. The molecule has 1 aromatic carbocycles. The molecule has 98 valence electrons. The molecule has 0 atom stereocenters. The molecule has 5 heteroatoms. The molecule has 0 fully saturated rings. The second-order valence-corrected chi connectivity index (χ2v) is 4.69. The fraction of sp³-hybridized carbons (Fsp3) is 0.385. The number of halogens is 1. The van der Waals surface area contributed by atoms with Crippen LogP contribution in [0.4, 0.5) is 4.39 Å². The third-order valence-electron chi connectivity index (χ3n) is 3.10. The number of aliphatic carboxylic acids is 1. The number of likely N-dealkylation sites (N-methyl/N-ethyl adjacent to an activating group) is 1. The zero-order valence-corrected chi connectivity index (χ0v) is 10.8. The van der Waals surface area contributed by atoms with E-state index < -0.39 is 23.2 Å². The third kappa shape index (κ3) is 2.50. The van der Waals surface area contributed by atoms with Gasteiger partial charge in [-0.15, -0.1) is 0 Å². The number of carboxylic acid groups (broad SMARTS) is 1. The van der Waals surface area contributed by atoms with Gasteiger partial charge < -0.3 is 10.0 Å². The normalized spacial score (nSPS) is 11.2. The molecule has 0 heterocycles. The summed E-state index contributed by atoms with van der Waals surface area (Å²) in [4.78, 5) is 24.3. The first kappa shape index (κ1) is 14.2. The maximum Gasteiger partial charge on any atom is 0.329 e. The van der Waals surface area contributed by atoms with E-state index in [1.165, 1.54) is 33.0 Å². The van der Waals surface area contributed by atoms with Gasteiger partial charge in [0, 0.05) is 12.6 Å². The van der Waals surface area contributed by atoms with Crippen molar-refractivity contribution in [1.82, 2.24) is 4.90 Å². The molecule has 0 spiro atoms. The van der Waals surface area contributed by atoms with Gasteiger partial charge in [-0.05, 0) is 38.5 Å². The second kappa shape index (κ2) is 4.76. The van der Waals surface area contributed by atoms with Gasteiger partial charge in [0.05, 0.1) is 0 Å². The van der Waals surface area contributed by atoms with Crippen LogP contribution in [0.25, 0.3) is 0 Å². The number of nitrogens with zero attached hydrogens (tertiary/aromatic N) is 1. The number of hydrogen-bond acceptors (Lipinski definition) is 2. The zero-order valence-electron chi connectivity index (χ0n) is 10.8. The van der Waals surface area contributed by atoms with Gasteiger partial charge in [-0.2, -0.15) is 0 Å². The van der Waals surface area contributed by atoms with Crippen LogP contribution in [0.2, 0.25) is 0 Å². The molecule has 0 aliphatic carbocycles. The van der Waals surface area contributed by atoms with Crippen LogP contribution >= 0.6 is 0 Å². The summed E-state index contributed by atoms with van der Waals surface area (Å²) >= 11 is 0. The quantitative estimate of drug-likeness (QED) is 0.897. The van der Waals surface area contributed by atoms with Crippen LogP contribution in [-0.2, 0) is 4.79 Å². The van der Waals surface area contributed by atoms with Crippen molar-refractivity contribution < 1.29 is 19.1 Å². The van der Waals surface area contributed by atoms with Crippen LogP contribution in [0, 0.1) is 12.7 Å². The Morgan fingerprint density at radius 1 is 1.33 bits per heavy atom. The van der Waals surface area contributed by atoms with Gasteiger partial charge >= 0.3 is 5.97 Å². The average molecular weight is 253 g/mol. The van der Waals surface area contributed by atoms with Crippen LogP contribution in [-0.4, -0.2) is 34.5 Å². The van der Waals surface area contributed by atoms with Crippen LogP contribution in [0.1, 0.15) is 29.8 Å². The van der Waals surface area contributed by atoms with Crippen LogP contribution in [0.5, 0.6) is 0 Å². The lowest BCUT2D eigenvalue weighted by Crippen LogP contribution is -2.50. The molecule has 1 rings (SSSR count). The van der Waals surface area contributed by atoms with Crippen LogP contribution < -0.4 is 0 Å². The number of hydrogen-bond donors (Lipinski definition) is 1. The summed E-state index contributed by atoms with van der Waals surface area (Å²) in [7, 11) is 1.39. The van der Waals surface area contributed by atoms with Gasteiger partial charge in [-0.3, -0.25) is 4.79 Å². The van der Waals surface area contributed by atoms with E-state index in [2.05, 4.69) is 0 Å². The first-order valence-electron chi connectivity index (χ1n) is 5.45. The summed E-state index contributed by atoms with van der Waals surface area (Å²) in [5.41, 5.74) is -0.572. The van der Waals surface area contributed by atoms with Crippen molar-refractivity contribution in [3.8, 4) is 0 Å². The van der Waals surface area contributed by atoms with Crippen LogP contribution in [0.3, 0.4) is 0 Å². The Bertz CT molecular complexity index is 497. The Morgan fingerprint density at radius 3 is 2.39 bits per heavy atom. The van der Waals surface area contributed by atoms with Crippen molar-refractivity contribution in [3.63, 3.8) is 0 Å². The lowest BCUT2D eigenvalue weighted by molar-refractivity contribution is -0.147. The summed E-state index contributed by atoms with van der Waals surface area (Å²) in [5.74, 6) is -2.16. The first-order chi connectivity index (χ1) is 8.17. The Morgan fingerprint density at radius 2 is 1.89 bits per heavy atom. The zero-order chi connectivity index (χ0) is 14.1. The second-order valence-electron chi connectivity index (χ2n) is 4.69. The highest BCUT2D eigenvalue weighted by Crippen LogP contribution is 2.19. The smallest absolute Gasteiger partial charge is 0.329 e. The molecule has 4 nitrogen and oxygen atoms in total. The molecule has 0 radical (unpaired) electrons. The molecule has 0 unspecified atom stereocenters. The molecule has 0 bridgehead atoms. The van der Waals surface area contributed by atoms with Gasteiger partial charge in [0.2, 0.25) is 0 Å². The maximum atomic E-state index is 13.1. The van der Waals surface area contributed by atoms with E-state index in [0.717, 1.165) is 11.0 Å². The van der Waals surface area contributed by atoms with E-state index in [0.29, 0.717) is 5.56 Å². The molecular formula is C13H16FNO3. The number of carbonyl (C=O) groups excluding carboxylic acids is 1. The Balaban J connectivity index is 3.15. The Labute approximate surface area is 105 Å². The molecule has 0 saturated heterocycles. The highest BCUT2D eigenvalue weighted by molar-refractivity contribution is 5.98. The Hall–Kier alpha value is -1.91. The molecule has 0 saturated carbocycles. The van der Waals surface area contributed by atoms with Crippen molar-refractivity contribution in [2.75, 3.05) is 7.05 Å². The SMILES string of the molecule is Cc1ccc(F)cc1C(=O)N(C)C(C)(C)C(=O)O. The average Bonchev–Trinajstić information content (AvgIpc) is 2.30. The summed E-state index contributed by atoms with van der Waals surface area (Å²) in [5, 5.41) is 9.06. The predicted octanol–water partition coefficient (Wildman–Crippen LogP) is 2.07. The van der Waals surface area contributed by atoms with Gasteiger partial charge in [0.15, 0.2) is 0 Å². The van der Waals surface area contributed by atoms with E-state index in [4.69, 9.17) is 5.11 Å². The molecule has 18 heavy (non-hydrogen) atoms. The fourth-order valence-corrected chi connectivity index (χ4v) is 1.40. The van der Waals surface area contributed by atoms with Gasteiger partial charge in [-0.1, -0.05) is 6.07 Å². The van der Waals surface area contributed by atoms with E-state index in [-0.39, 0.29) is 5.56 Å². The summed E-state index contributed by atoms with van der Waals surface area (Å²) in [6.07, 6.45) is 0. The number of amides is 1. The van der Waals surface area contributed by atoms with Crippen molar-refractivity contribution in [3.05, 3.63) is 35.1 Å². The summed E-state index contributed by atoms with van der Waals surface area (Å²) in [6, 6.07) is 3.87. The monoisotopic (exact) mass is 253 g/mol. The molecule has 1 amide bonds. The van der Waals surface area contributed by atoms with E-state index >= 15 is 0 Å². The number of carboxylic acids is 1. The van der Waals surface area contributed by atoms with Crippen LogP contribution in [0.15, 0.2) is 18.2 Å². The third-order valence-corrected chi connectivity index (χ3v) is 3.10. The maximum absolute atomic E-state index is 13.1. The minimum atomic E-state index is -1.35. The lowest BCUT2D eigenvalue weighted by atomic mass is 10.0. The molecule has 0 aliphatic rings. The number of aryl methyl sites for hydroxylation is 1. The highest BCUT2D eigenvalue weighted by atomic mass is 19.1. The largest absolute Gasteiger partial charge is 0.480 e. The van der Waals surface area contributed by atoms with Gasteiger partial charge in [0.1, 0.15) is 11.4 Å². The molecule has 0 aliphatic heterocycles. The lowest BCUT2D eigenvalue weighted by Gasteiger charge is -2.32. The van der Waals surface area contributed by atoms with Crippen molar-refractivity contribution >= 4 is 11.9 Å². The van der Waals surface area contributed by atoms with Crippen molar-refractivity contribution in [2.24, 2.45) is 0 Å². The number of carbonyl (C=O) groups is 2. The summed E-state index contributed by atoms with van der Waals surface area (Å²) in [6.45, 7) is 4.51. The van der Waals surface area contributed by atoms with Gasteiger partial charge in [0.25, 0.3) is 5.91 Å². The molecule has 1 aromatic rings. The highest BCUT2D eigenvalue weighted by Gasteiger charge is 2.36. The number of benzene rings is 1. The van der Waals surface area contributed by atoms with Crippen molar-refractivity contribution in [1.29, 1.82) is 0 Å². The first-order valence-corrected chi connectivity index (χ1v) is 5.45. The predicted molar refractivity (Wildman–Crippen MR) is 64.9 cm³/mol. The van der Waals surface area contributed by atoms with E-state index in [1.807, 2.05) is 0 Å². The topological polar surface area (TPSA) is 57.6 Å². The minimum absolute atomic E-state index is 0.173. The standard InChI is InChI=1S/C13H16FNO3/c1-8-5-6-9(14)7-10(8)11(16)15(4)13(2,3)12(17)18/h5-7H,1-4H3,(H,17,18). The minimum Gasteiger partial charge on any atom is -0.480 e. The Kier molecular flexibility index (Phi) is 3.74.